The molecule has 24 heavy (non-hydrogen) atoms. The first-order chi connectivity index (χ1) is 11.4. The molecular formula is C19H17NO4. The van der Waals surface area contributed by atoms with Crippen LogP contribution in [0.15, 0.2) is 47.6 Å². The number of hydrogen-bond donors (Lipinski definition) is 1. The highest BCUT2D eigenvalue weighted by atomic mass is 16.4. The van der Waals surface area contributed by atoms with Gasteiger partial charge in [0.1, 0.15) is 0 Å². The van der Waals surface area contributed by atoms with Gasteiger partial charge in [-0.05, 0) is 32.0 Å². The van der Waals surface area contributed by atoms with E-state index in [9.17, 15) is 14.4 Å². The number of rotatable bonds is 2. The normalized spacial score (nSPS) is 30.2. The van der Waals surface area contributed by atoms with Gasteiger partial charge in [-0.15, -0.1) is 0 Å². The first kappa shape index (κ1) is 14.9. The third-order valence-electron chi connectivity index (χ3n) is 5.34. The average Bonchev–Trinajstić information content (AvgIpc) is 3.17. The molecule has 2 amide bonds. The molecule has 5 nitrogen and oxygen atoms in total. The fourth-order valence-electron chi connectivity index (χ4n) is 4.46. The number of carboxylic acids is 1. The third kappa shape index (κ3) is 1.78. The van der Waals surface area contributed by atoms with Crippen LogP contribution in [0.25, 0.3) is 0 Å². The van der Waals surface area contributed by atoms with Gasteiger partial charge < -0.3 is 5.11 Å². The van der Waals surface area contributed by atoms with Gasteiger partial charge in [0, 0.05) is 11.8 Å². The number of allylic oxidation sites excluding steroid dienone is 4. The van der Waals surface area contributed by atoms with Crippen molar-refractivity contribution in [2.24, 2.45) is 23.7 Å². The third-order valence-corrected chi connectivity index (χ3v) is 5.34. The van der Waals surface area contributed by atoms with Crippen LogP contribution in [0.3, 0.4) is 0 Å². The lowest BCUT2D eigenvalue weighted by Crippen LogP contribution is -2.33. The molecule has 0 unspecified atom stereocenters. The Hall–Kier alpha value is -2.69. The Bertz CT molecular complexity index is 813. The Balaban J connectivity index is 1.76. The van der Waals surface area contributed by atoms with Crippen LogP contribution in [0.1, 0.15) is 24.2 Å². The zero-order chi connectivity index (χ0) is 17.2. The number of carbonyl (C=O) groups is 3. The molecule has 4 atom stereocenters. The van der Waals surface area contributed by atoms with E-state index in [1.54, 1.807) is 12.1 Å². The van der Waals surface area contributed by atoms with Crippen molar-refractivity contribution in [2.75, 3.05) is 4.90 Å². The number of aromatic carboxylic acids is 1. The SMILES string of the molecule is CC(C)=C1[C@H]2C=C[C@@H]1[C@@H]1C(=O)N(c3cccc(C(=O)O)c3)C(=O)[C@H]12. The standard InChI is InChI=1S/C19H17NO4/c1-9(2)14-12-6-7-13(14)16-15(12)17(21)20(18(16)22)11-5-3-4-10(8-11)19(23)24/h3-8,12-13,15-16H,1-2H3,(H,23,24)/t12-,13+,15-,16-/m0/s1. The van der Waals surface area contributed by atoms with E-state index in [4.69, 9.17) is 5.11 Å². The molecule has 1 aromatic carbocycles. The first-order valence-electron chi connectivity index (χ1n) is 7.98. The van der Waals surface area contributed by atoms with Crippen molar-refractivity contribution < 1.29 is 19.5 Å². The van der Waals surface area contributed by atoms with E-state index in [1.807, 2.05) is 26.0 Å². The molecule has 0 spiro atoms. The van der Waals surface area contributed by atoms with Crippen LogP contribution < -0.4 is 4.90 Å². The van der Waals surface area contributed by atoms with Crippen LogP contribution in [0.4, 0.5) is 5.69 Å². The molecule has 2 bridgehead atoms. The molecule has 3 aliphatic rings. The van der Waals surface area contributed by atoms with Crippen molar-refractivity contribution >= 4 is 23.5 Å². The lowest BCUT2D eigenvalue weighted by molar-refractivity contribution is -0.122. The van der Waals surface area contributed by atoms with E-state index in [2.05, 4.69) is 0 Å². The van der Waals surface area contributed by atoms with Gasteiger partial charge in [0.15, 0.2) is 0 Å². The molecule has 5 heteroatoms. The number of carboxylic acid groups (broad SMARTS) is 1. The summed E-state index contributed by atoms with van der Waals surface area (Å²) in [6.07, 6.45) is 4.08. The van der Waals surface area contributed by atoms with Crippen molar-refractivity contribution in [3.63, 3.8) is 0 Å². The predicted molar refractivity (Wildman–Crippen MR) is 87.4 cm³/mol. The van der Waals surface area contributed by atoms with Crippen molar-refractivity contribution in [2.45, 2.75) is 13.8 Å². The molecule has 1 N–H and O–H groups in total. The van der Waals surface area contributed by atoms with E-state index in [0.717, 1.165) is 0 Å². The predicted octanol–water partition coefficient (Wildman–Crippen LogP) is 2.64. The molecule has 1 saturated heterocycles. The van der Waals surface area contributed by atoms with Crippen LogP contribution >= 0.6 is 0 Å². The van der Waals surface area contributed by atoms with Crippen molar-refractivity contribution in [3.05, 3.63) is 53.1 Å². The molecule has 2 fully saturated rings. The van der Waals surface area contributed by atoms with E-state index in [0.29, 0.717) is 5.69 Å². The summed E-state index contributed by atoms with van der Waals surface area (Å²) in [5.41, 5.74) is 2.78. The minimum Gasteiger partial charge on any atom is -0.478 e. The molecule has 0 radical (unpaired) electrons. The van der Waals surface area contributed by atoms with Gasteiger partial charge in [-0.2, -0.15) is 0 Å². The molecule has 122 valence electrons. The highest BCUT2D eigenvalue weighted by Crippen LogP contribution is 2.57. The smallest absolute Gasteiger partial charge is 0.335 e. The summed E-state index contributed by atoms with van der Waals surface area (Å²) in [6.45, 7) is 4.04. The largest absolute Gasteiger partial charge is 0.478 e. The number of fused-ring (bicyclic) bond motifs is 5. The molecule has 1 aliphatic heterocycles. The molecule has 2 aliphatic carbocycles. The maximum atomic E-state index is 12.9. The maximum absolute atomic E-state index is 12.9. The molecule has 0 aromatic heterocycles. The van der Waals surface area contributed by atoms with Gasteiger partial charge in [0.25, 0.3) is 0 Å². The quantitative estimate of drug-likeness (QED) is 0.670. The Morgan fingerprint density at radius 3 is 2.12 bits per heavy atom. The second-order valence-corrected chi connectivity index (χ2v) is 6.81. The van der Waals surface area contributed by atoms with Crippen molar-refractivity contribution in [1.29, 1.82) is 0 Å². The van der Waals surface area contributed by atoms with Gasteiger partial charge in [0.05, 0.1) is 23.1 Å². The Morgan fingerprint density at radius 2 is 1.62 bits per heavy atom. The highest BCUT2D eigenvalue weighted by molar-refractivity contribution is 6.23. The highest BCUT2D eigenvalue weighted by Gasteiger charge is 2.61. The van der Waals surface area contributed by atoms with Gasteiger partial charge in [-0.1, -0.05) is 29.4 Å². The Labute approximate surface area is 139 Å². The number of nitrogens with zero attached hydrogens (tertiary/aromatic N) is 1. The second kappa shape index (κ2) is 4.90. The van der Waals surface area contributed by atoms with E-state index in [-0.39, 0.29) is 41.0 Å². The van der Waals surface area contributed by atoms with Crippen LogP contribution in [-0.4, -0.2) is 22.9 Å². The zero-order valence-corrected chi connectivity index (χ0v) is 13.4. The molecule has 1 saturated carbocycles. The summed E-state index contributed by atoms with van der Waals surface area (Å²) in [7, 11) is 0. The monoisotopic (exact) mass is 323 g/mol. The maximum Gasteiger partial charge on any atom is 0.335 e. The minimum atomic E-state index is -1.08. The topological polar surface area (TPSA) is 74.7 Å². The fraction of sp³-hybridized carbons (Fsp3) is 0.316. The second-order valence-electron chi connectivity index (χ2n) is 6.81. The van der Waals surface area contributed by atoms with Crippen molar-refractivity contribution in [1.82, 2.24) is 0 Å². The lowest BCUT2D eigenvalue weighted by atomic mass is 9.85. The van der Waals surface area contributed by atoms with Gasteiger partial charge >= 0.3 is 5.97 Å². The first-order valence-corrected chi connectivity index (χ1v) is 7.98. The van der Waals surface area contributed by atoms with E-state index >= 15 is 0 Å². The van der Waals surface area contributed by atoms with Crippen LogP contribution in [0, 0.1) is 23.7 Å². The summed E-state index contributed by atoms with van der Waals surface area (Å²) < 4.78 is 0. The molecule has 1 heterocycles. The van der Waals surface area contributed by atoms with Crippen molar-refractivity contribution in [3.8, 4) is 0 Å². The number of carbonyl (C=O) groups excluding carboxylic acids is 2. The van der Waals surface area contributed by atoms with E-state index < -0.39 is 5.97 Å². The summed E-state index contributed by atoms with van der Waals surface area (Å²) in [6, 6.07) is 6.00. The summed E-state index contributed by atoms with van der Waals surface area (Å²) >= 11 is 0. The molecular weight excluding hydrogens is 306 g/mol. The number of hydrogen-bond acceptors (Lipinski definition) is 3. The van der Waals surface area contributed by atoms with Gasteiger partial charge in [-0.25, -0.2) is 9.69 Å². The van der Waals surface area contributed by atoms with Crippen LogP contribution in [-0.2, 0) is 9.59 Å². The number of imide groups is 1. The summed E-state index contributed by atoms with van der Waals surface area (Å²) in [5, 5.41) is 9.13. The van der Waals surface area contributed by atoms with E-state index in [1.165, 1.54) is 28.2 Å². The van der Waals surface area contributed by atoms with Crippen LogP contribution in [0.5, 0.6) is 0 Å². The zero-order valence-electron chi connectivity index (χ0n) is 13.4. The molecule has 4 rings (SSSR count). The average molecular weight is 323 g/mol. The fourth-order valence-corrected chi connectivity index (χ4v) is 4.46. The lowest BCUT2D eigenvalue weighted by Gasteiger charge is -2.19. The summed E-state index contributed by atoms with van der Waals surface area (Å²) in [5.74, 6) is -2.24. The summed E-state index contributed by atoms with van der Waals surface area (Å²) in [4.78, 5) is 38.2. The Kier molecular flexibility index (Phi) is 3.04. The van der Waals surface area contributed by atoms with Gasteiger partial charge in [0.2, 0.25) is 11.8 Å². The number of benzene rings is 1. The minimum absolute atomic E-state index is 0.00546. The number of anilines is 1. The molecule has 1 aromatic rings. The Morgan fingerprint density at radius 1 is 1.04 bits per heavy atom. The van der Waals surface area contributed by atoms with Crippen LogP contribution in [0.2, 0.25) is 0 Å². The van der Waals surface area contributed by atoms with Gasteiger partial charge in [-0.3, -0.25) is 9.59 Å². The number of amides is 2.